The largest absolute Gasteiger partial charge is 0.481 e. The van der Waals surface area contributed by atoms with Crippen LogP contribution in [0.3, 0.4) is 0 Å². The average molecular weight is 258 g/mol. The van der Waals surface area contributed by atoms with Crippen LogP contribution in [0.4, 0.5) is 4.79 Å². The quantitative estimate of drug-likeness (QED) is 0.702. The van der Waals surface area contributed by atoms with Gasteiger partial charge in [0, 0.05) is 26.1 Å². The lowest BCUT2D eigenvalue weighted by Gasteiger charge is -2.27. The molecule has 5 heteroatoms. The van der Waals surface area contributed by atoms with Crippen molar-refractivity contribution in [2.24, 2.45) is 5.92 Å². The molecule has 0 rings (SSSR count). The first kappa shape index (κ1) is 16.7. The number of carboxylic acid groups (broad SMARTS) is 1. The van der Waals surface area contributed by atoms with E-state index >= 15 is 0 Å². The van der Waals surface area contributed by atoms with Crippen molar-refractivity contribution >= 4 is 12.0 Å². The highest BCUT2D eigenvalue weighted by Gasteiger charge is 2.18. The second-order valence-electron chi connectivity index (χ2n) is 4.64. The monoisotopic (exact) mass is 258 g/mol. The third-order valence-electron chi connectivity index (χ3n) is 3.39. The van der Waals surface area contributed by atoms with E-state index in [1.807, 2.05) is 6.92 Å². The Hall–Kier alpha value is -1.26. The third-order valence-corrected chi connectivity index (χ3v) is 3.39. The minimum Gasteiger partial charge on any atom is -0.481 e. The van der Waals surface area contributed by atoms with Gasteiger partial charge in [-0.2, -0.15) is 0 Å². The Balaban J connectivity index is 4.18. The SMILES string of the molecule is CCC(CNC(=O)N(C)C(CC)CC)CC(=O)O. The van der Waals surface area contributed by atoms with Gasteiger partial charge < -0.3 is 15.3 Å². The maximum Gasteiger partial charge on any atom is 0.317 e. The topological polar surface area (TPSA) is 69.6 Å². The number of nitrogens with one attached hydrogen (secondary N) is 1. The zero-order valence-electron chi connectivity index (χ0n) is 11.9. The van der Waals surface area contributed by atoms with Gasteiger partial charge in [0.1, 0.15) is 0 Å². The van der Waals surface area contributed by atoms with Crippen molar-refractivity contribution < 1.29 is 14.7 Å². The van der Waals surface area contributed by atoms with Crippen molar-refractivity contribution in [2.45, 2.75) is 52.5 Å². The first-order valence-corrected chi connectivity index (χ1v) is 6.68. The highest BCUT2D eigenvalue weighted by molar-refractivity contribution is 5.74. The highest BCUT2D eigenvalue weighted by Crippen LogP contribution is 2.09. The molecule has 2 amide bonds. The van der Waals surface area contributed by atoms with E-state index in [4.69, 9.17) is 5.11 Å². The molecule has 0 aliphatic carbocycles. The van der Waals surface area contributed by atoms with Gasteiger partial charge in [-0.15, -0.1) is 0 Å². The molecule has 18 heavy (non-hydrogen) atoms. The molecule has 0 aliphatic rings. The second-order valence-corrected chi connectivity index (χ2v) is 4.64. The summed E-state index contributed by atoms with van der Waals surface area (Å²) in [5.74, 6) is -0.814. The van der Waals surface area contributed by atoms with Crippen LogP contribution >= 0.6 is 0 Å². The van der Waals surface area contributed by atoms with Gasteiger partial charge >= 0.3 is 12.0 Å². The molecule has 0 saturated heterocycles. The van der Waals surface area contributed by atoms with Gasteiger partial charge in [0.15, 0.2) is 0 Å². The molecule has 106 valence electrons. The summed E-state index contributed by atoms with van der Waals surface area (Å²) in [4.78, 5) is 24.2. The number of amides is 2. The highest BCUT2D eigenvalue weighted by atomic mass is 16.4. The van der Waals surface area contributed by atoms with Crippen molar-refractivity contribution in [2.75, 3.05) is 13.6 Å². The number of carboxylic acids is 1. The van der Waals surface area contributed by atoms with Crippen LogP contribution < -0.4 is 5.32 Å². The normalized spacial score (nSPS) is 12.3. The molecular weight excluding hydrogens is 232 g/mol. The summed E-state index contributed by atoms with van der Waals surface area (Å²) in [5.41, 5.74) is 0. The molecule has 5 nitrogen and oxygen atoms in total. The Kier molecular flexibility index (Phi) is 8.16. The van der Waals surface area contributed by atoms with Crippen molar-refractivity contribution in [3.8, 4) is 0 Å². The first-order valence-electron chi connectivity index (χ1n) is 6.68. The van der Waals surface area contributed by atoms with E-state index in [0.29, 0.717) is 6.54 Å². The molecule has 0 spiro atoms. The lowest BCUT2D eigenvalue weighted by molar-refractivity contribution is -0.138. The average Bonchev–Trinajstić information content (AvgIpc) is 2.34. The molecule has 0 heterocycles. The molecule has 0 radical (unpaired) electrons. The van der Waals surface area contributed by atoms with E-state index in [2.05, 4.69) is 19.2 Å². The molecule has 2 N–H and O–H groups in total. The van der Waals surface area contributed by atoms with Crippen LogP contribution in [0.1, 0.15) is 46.5 Å². The van der Waals surface area contributed by atoms with E-state index in [1.54, 1.807) is 11.9 Å². The molecule has 0 bridgehead atoms. The summed E-state index contributed by atoms with van der Waals surface area (Å²) in [6.07, 6.45) is 2.70. The zero-order chi connectivity index (χ0) is 14.1. The van der Waals surface area contributed by atoms with Crippen LogP contribution in [-0.2, 0) is 4.79 Å². The number of urea groups is 1. The summed E-state index contributed by atoms with van der Waals surface area (Å²) in [6.45, 7) is 6.46. The van der Waals surface area contributed by atoms with Gasteiger partial charge in [-0.25, -0.2) is 4.79 Å². The van der Waals surface area contributed by atoms with Gasteiger partial charge in [-0.05, 0) is 18.8 Å². The van der Waals surface area contributed by atoms with E-state index < -0.39 is 5.97 Å². The predicted octanol–water partition coefficient (Wildman–Crippen LogP) is 2.32. The molecule has 0 aliphatic heterocycles. The Morgan fingerprint density at radius 3 is 2.11 bits per heavy atom. The molecule has 1 atom stereocenters. The van der Waals surface area contributed by atoms with Crippen molar-refractivity contribution in [3.05, 3.63) is 0 Å². The van der Waals surface area contributed by atoms with Crippen LogP contribution in [0, 0.1) is 5.92 Å². The van der Waals surface area contributed by atoms with E-state index in [0.717, 1.165) is 19.3 Å². The molecule has 1 unspecified atom stereocenters. The minimum atomic E-state index is -0.815. The maximum atomic E-state index is 11.9. The Labute approximate surface area is 110 Å². The molecule has 0 aromatic heterocycles. The van der Waals surface area contributed by atoms with Gasteiger partial charge in [-0.3, -0.25) is 4.79 Å². The van der Waals surface area contributed by atoms with Crippen LogP contribution in [0.15, 0.2) is 0 Å². The van der Waals surface area contributed by atoms with Gasteiger partial charge in [0.25, 0.3) is 0 Å². The number of hydrogen-bond donors (Lipinski definition) is 2. The summed E-state index contributed by atoms with van der Waals surface area (Å²) in [5, 5.41) is 11.5. The van der Waals surface area contributed by atoms with Crippen molar-refractivity contribution in [1.82, 2.24) is 10.2 Å². The molecular formula is C13H26N2O3. The van der Waals surface area contributed by atoms with Gasteiger partial charge in [0.2, 0.25) is 0 Å². The van der Waals surface area contributed by atoms with Crippen LogP contribution in [0.5, 0.6) is 0 Å². The molecule has 0 fully saturated rings. The molecule has 0 aromatic carbocycles. The number of nitrogens with zero attached hydrogens (tertiary/aromatic N) is 1. The van der Waals surface area contributed by atoms with Crippen LogP contribution in [0.25, 0.3) is 0 Å². The van der Waals surface area contributed by atoms with Crippen molar-refractivity contribution in [3.63, 3.8) is 0 Å². The minimum absolute atomic E-state index is 0.00144. The predicted molar refractivity (Wildman–Crippen MR) is 71.6 cm³/mol. The van der Waals surface area contributed by atoms with E-state index in [9.17, 15) is 9.59 Å². The summed E-state index contributed by atoms with van der Waals surface area (Å²) in [7, 11) is 1.78. The maximum absolute atomic E-state index is 11.9. The number of carbonyl (C=O) groups excluding carboxylic acids is 1. The Morgan fingerprint density at radius 1 is 1.17 bits per heavy atom. The van der Waals surface area contributed by atoms with Crippen LogP contribution in [-0.4, -0.2) is 41.6 Å². The summed E-state index contributed by atoms with van der Waals surface area (Å²) in [6, 6.07) is 0.122. The van der Waals surface area contributed by atoms with E-state index in [-0.39, 0.29) is 24.4 Å². The fourth-order valence-electron chi connectivity index (χ4n) is 1.97. The third kappa shape index (κ3) is 5.89. The fraction of sp³-hybridized carbons (Fsp3) is 0.846. The lowest BCUT2D eigenvalue weighted by Crippen LogP contribution is -2.44. The Bertz CT molecular complexity index is 265. The Morgan fingerprint density at radius 2 is 1.72 bits per heavy atom. The summed E-state index contributed by atoms with van der Waals surface area (Å²) < 4.78 is 0. The number of rotatable bonds is 8. The number of carbonyl (C=O) groups is 2. The van der Waals surface area contributed by atoms with Crippen LogP contribution in [0.2, 0.25) is 0 Å². The summed E-state index contributed by atoms with van der Waals surface area (Å²) >= 11 is 0. The van der Waals surface area contributed by atoms with Gasteiger partial charge in [-0.1, -0.05) is 27.2 Å². The molecule has 0 saturated carbocycles. The molecule has 0 aromatic rings. The lowest BCUT2D eigenvalue weighted by atomic mass is 10.0. The first-order chi connectivity index (χ1) is 8.46. The fourth-order valence-corrected chi connectivity index (χ4v) is 1.97. The van der Waals surface area contributed by atoms with Gasteiger partial charge in [0.05, 0.1) is 0 Å². The van der Waals surface area contributed by atoms with E-state index in [1.165, 1.54) is 0 Å². The number of aliphatic carboxylic acids is 1. The zero-order valence-corrected chi connectivity index (χ0v) is 11.9. The second kappa shape index (κ2) is 8.78. The number of hydrogen-bond acceptors (Lipinski definition) is 2. The smallest absolute Gasteiger partial charge is 0.317 e. The standard InChI is InChI=1S/C13H26N2O3/c1-5-10(8-12(16)17)9-14-13(18)15(4)11(6-2)7-3/h10-11H,5-9H2,1-4H3,(H,14,18)(H,16,17). The van der Waals surface area contributed by atoms with Crippen molar-refractivity contribution in [1.29, 1.82) is 0 Å².